The van der Waals surface area contributed by atoms with Gasteiger partial charge in [0.2, 0.25) is 15.9 Å². The average Bonchev–Trinajstić information content (AvgIpc) is 3.34. The molecule has 1 amide bonds. The third kappa shape index (κ3) is 3.85. The fourth-order valence-electron chi connectivity index (χ4n) is 4.02. The van der Waals surface area contributed by atoms with Crippen LogP contribution in [0.3, 0.4) is 0 Å². The summed E-state index contributed by atoms with van der Waals surface area (Å²) >= 11 is 0. The molecule has 2 aromatic carbocycles. The average molecular weight is 427 g/mol. The van der Waals surface area contributed by atoms with Crippen LogP contribution >= 0.6 is 0 Å². The molecule has 0 spiro atoms. The molecule has 3 aromatic rings. The van der Waals surface area contributed by atoms with Gasteiger partial charge in [0.15, 0.2) is 0 Å². The van der Waals surface area contributed by atoms with Crippen LogP contribution in [0.1, 0.15) is 24.2 Å². The smallest absolute Gasteiger partial charge is 0.243 e. The van der Waals surface area contributed by atoms with E-state index in [2.05, 4.69) is 14.9 Å². The van der Waals surface area contributed by atoms with Crippen LogP contribution < -0.4 is 5.32 Å². The third-order valence-corrected chi connectivity index (χ3v) is 7.54. The van der Waals surface area contributed by atoms with E-state index in [-0.39, 0.29) is 10.8 Å². The summed E-state index contributed by atoms with van der Waals surface area (Å²) in [5.41, 5.74) is 2.94. The highest BCUT2D eigenvalue weighted by atomic mass is 32.2. The molecule has 7 nitrogen and oxygen atoms in total. The van der Waals surface area contributed by atoms with Gasteiger partial charge in [0.1, 0.15) is 11.9 Å². The third-order valence-electron chi connectivity index (χ3n) is 5.61. The number of imidazole rings is 1. The Morgan fingerprint density at radius 2 is 1.87 bits per heavy atom. The van der Waals surface area contributed by atoms with Gasteiger partial charge in [0, 0.05) is 19.6 Å². The van der Waals surface area contributed by atoms with E-state index < -0.39 is 16.1 Å². The Morgan fingerprint density at radius 3 is 2.63 bits per heavy atom. The molecule has 1 aromatic heterocycles. The van der Waals surface area contributed by atoms with Crippen molar-refractivity contribution in [3.05, 3.63) is 59.9 Å². The summed E-state index contributed by atoms with van der Waals surface area (Å²) in [5.74, 6) is 0.639. The summed E-state index contributed by atoms with van der Waals surface area (Å²) in [6.45, 7) is 5.20. The SMILES string of the molecule is Cc1ccc(S(=O)(=O)N2CCC[C@@H]2C(=O)NCCn2c(C)nc3ccccc32)cc1. The van der Waals surface area contributed by atoms with Crippen molar-refractivity contribution in [3.8, 4) is 0 Å². The topological polar surface area (TPSA) is 84.3 Å². The quantitative estimate of drug-likeness (QED) is 0.657. The number of hydrogen-bond donors (Lipinski definition) is 1. The molecular weight excluding hydrogens is 400 g/mol. The van der Waals surface area contributed by atoms with E-state index in [1.807, 2.05) is 38.1 Å². The first-order valence-corrected chi connectivity index (χ1v) is 11.6. The molecule has 1 aliphatic rings. The van der Waals surface area contributed by atoms with E-state index in [1.165, 1.54) is 4.31 Å². The van der Waals surface area contributed by atoms with Crippen LogP contribution in [-0.4, -0.2) is 47.3 Å². The van der Waals surface area contributed by atoms with Crippen molar-refractivity contribution in [1.82, 2.24) is 19.2 Å². The minimum absolute atomic E-state index is 0.230. The molecule has 8 heteroatoms. The molecule has 158 valence electrons. The summed E-state index contributed by atoms with van der Waals surface area (Å²) in [6.07, 6.45) is 1.21. The lowest BCUT2D eigenvalue weighted by molar-refractivity contribution is -0.124. The van der Waals surface area contributed by atoms with Gasteiger partial charge in [-0.2, -0.15) is 4.31 Å². The van der Waals surface area contributed by atoms with Crippen molar-refractivity contribution in [2.24, 2.45) is 0 Å². The van der Waals surface area contributed by atoms with Crippen molar-refractivity contribution < 1.29 is 13.2 Å². The Kier molecular flexibility index (Phi) is 5.62. The van der Waals surface area contributed by atoms with Crippen molar-refractivity contribution in [3.63, 3.8) is 0 Å². The number of rotatable bonds is 6. The number of carbonyl (C=O) groups is 1. The van der Waals surface area contributed by atoms with Crippen LogP contribution in [-0.2, 0) is 21.4 Å². The van der Waals surface area contributed by atoms with Crippen LogP contribution in [0, 0.1) is 13.8 Å². The Morgan fingerprint density at radius 1 is 1.13 bits per heavy atom. The zero-order valence-corrected chi connectivity index (χ0v) is 18.0. The van der Waals surface area contributed by atoms with E-state index in [0.29, 0.717) is 32.5 Å². The monoisotopic (exact) mass is 426 g/mol. The summed E-state index contributed by atoms with van der Waals surface area (Å²) < 4.78 is 29.5. The molecule has 1 fully saturated rings. The van der Waals surface area contributed by atoms with Gasteiger partial charge in [-0.3, -0.25) is 4.79 Å². The van der Waals surface area contributed by atoms with Crippen LogP contribution in [0.2, 0.25) is 0 Å². The first kappa shape index (κ1) is 20.6. The van der Waals surface area contributed by atoms with Crippen LogP contribution in [0.5, 0.6) is 0 Å². The maximum atomic E-state index is 13.0. The van der Waals surface area contributed by atoms with E-state index in [1.54, 1.807) is 24.3 Å². The van der Waals surface area contributed by atoms with Gasteiger partial charge >= 0.3 is 0 Å². The maximum absolute atomic E-state index is 13.0. The Balaban J connectivity index is 1.44. The van der Waals surface area contributed by atoms with E-state index >= 15 is 0 Å². The Bertz CT molecular complexity index is 1170. The van der Waals surface area contributed by atoms with Gasteiger partial charge in [0.25, 0.3) is 0 Å². The summed E-state index contributed by atoms with van der Waals surface area (Å²) in [5, 5.41) is 2.92. The van der Waals surface area contributed by atoms with Gasteiger partial charge in [0.05, 0.1) is 15.9 Å². The molecule has 0 unspecified atom stereocenters. The number of para-hydroxylation sites is 2. The molecule has 0 saturated carbocycles. The maximum Gasteiger partial charge on any atom is 0.243 e. The molecule has 1 atom stereocenters. The first-order valence-electron chi connectivity index (χ1n) is 10.2. The molecule has 1 N–H and O–H groups in total. The zero-order valence-electron chi connectivity index (χ0n) is 17.2. The highest BCUT2D eigenvalue weighted by molar-refractivity contribution is 7.89. The fraction of sp³-hybridized carbons (Fsp3) is 0.364. The Hall–Kier alpha value is -2.71. The lowest BCUT2D eigenvalue weighted by atomic mass is 10.2. The number of hydrogen-bond acceptors (Lipinski definition) is 4. The zero-order chi connectivity index (χ0) is 21.3. The van der Waals surface area contributed by atoms with Crippen LogP contribution in [0.4, 0.5) is 0 Å². The second kappa shape index (κ2) is 8.20. The summed E-state index contributed by atoms with van der Waals surface area (Å²) in [4.78, 5) is 17.6. The number of nitrogens with one attached hydrogen (secondary N) is 1. The van der Waals surface area contributed by atoms with Gasteiger partial charge in [-0.05, 0) is 51.0 Å². The van der Waals surface area contributed by atoms with E-state index in [4.69, 9.17) is 0 Å². The Labute approximate surface area is 176 Å². The molecule has 0 aliphatic carbocycles. The molecule has 1 aliphatic heterocycles. The minimum Gasteiger partial charge on any atom is -0.353 e. The number of nitrogens with zero attached hydrogens (tertiary/aromatic N) is 3. The number of carbonyl (C=O) groups excluding carboxylic acids is 1. The van der Waals surface area contributed by atoms with E-state index in [9.17, 15) is 13.2 Å². The molecule has 0 radical (unpaired) electrons. The number of aromatic nitrogens is 2. The van der Waals surface area contributed by atoms with Gasteiger partial charge in [-0.15, -0.1) is 0 Å². The second-order valence-corrected chi connectivity index (χ2v) is 9.57. The number of fused-ring (bicyclic) bond motifs is 1. The van der Waals surface area contributed by atoms with Crippen molar-refractivity contribution in [2.45, 2.75) is 44.2 Å². The number of aryl methyl sites for hydroxylation is 2. The second-order valence-electron chi connectivity index (χ2n) is 7.68. The molecule has 0 bridgehead atoms. The lowest BCUT2D eigenvalue weighted by Gasteiger charge is -2.23. The molecular formula is C22H26N4O3S. The highest BCUT2D eigenvalue weighted by Gasteiger charge is 2.39. The number of amides is 1. The lowest BCUT2D eigenvalue weighted by Crippen LogP contribution is -2.46. The molecule has 1 saturated heterocycles. The van der Waals surface area contributed by atoms with Crippen LogP contribution in [0.25, 0.3) is 11.0 Å². The van der Waals surface area contributed by atoms with Gasteiger partial charge < -0.3 is 9.88 Å². The normalized spacial score (nSPS) is 17.5. The van der Waals surface area contributed by atoms with Crippen molar-refractivity contribution in [2.75, 3.05) is 13.1 Å². The highest BCUT2D eigenvalue weighted by Crippen LogP contribution is 2.26. The minimum atomic E-state index is -3.70. The fourth-order valence-corrected chi connectivity index (χ4v) is 5.68. The van der Waals surface area contributed by atoms with Crippen molar-refractivity contribution >= 4 is 27.0 Å². The molecule has 30 heavy (non-hydrogen) atoms. The standard InChI is InChI=1S/C22H26N4O3S/c1-16-9-11-18(12-10-16)30(28,29)26-14-5-8-21(26)22(27)23-13-15-25-17(2)24-19-6-3-4-7-20(19)25/h3-4,6-7,9-12,21H,5,8,13-15H2,1-2H3,(H,23,27)/t21-/m1/s1. The van der Waals surface area contributed by atoms with Gasteiger partial charge in [-0.1, -0.05) is 29.8 Å². The number of sulfonamides is 1. The molecule has 2 heterocycles. The summed E-state index contributed by atoms with van der Waals surface area (Å²) in [7, 11) is -3.70. The van der Waals surface area contributed by atoms with Crippen LogP contribution in [0.15, 0.2) is 53.4 Å². The summed E-state index contributed by atoms with van der Waals surface area (Å²) in [6, 6.07) is 14.0. The van der Waals surface area contributed by atoms with Gasteiger partial charge in [-0.25, -0.2) is 13.4 Å². The predicted octanol–water partition coefficient (Wildman–Crippen LogP) is 2.62. The number of benzene rings is 2. The largest absolute Gasteiger partial charge is 0.353 e. The first-order chi connectivity index (χ1) is 14.4. The van der Waals surface area contributed by atoms with E-state index in [0.717, 1.165) is 22.4 Å². The molecule has 4 rings (SSSR count). The van der Waals surface area contributed by atoms with Crippen molar-refractivity contribution in [1.29, 1.82) is 0 Å². The predicted molar refractivity (Wildman–Crippen MR) is 116 cm³/mol.